The average molecular weight is 1570 g/mol. The zero-order valence-corrected chi connectivity index (χ0v) is 64.2. The summed E-state index contributed by atoms with van der Waals surface area (Å²) in [5.41, 5.74) is 15.1. The van der Waals surface area contributed by atoms with Crippen LogP contribution in [0, 0.1) is 23.7 Å². The van der Waals surface area contributed by atoms with Gasteiger partial charge in [-0.2, -0.15) is 0 Å². The molecule has 4 aromatic carbocycles. The van der Waals surface area contributed by atoms with E-state index in [9.17, 15) is 38.4 Å². The average Bonchev–Trinajstić information content (AvgIpc) is 1.61. The molecule has 4 fully saturated rings. The molecule has 0 saturated heterocycles. The van der Waals surface area contributed by atoms with Crippen LogP contribution in [0.4, 0.5) is 23.3 Å². The summed E-state index contributed by atoms with van der Waals surface area (Å²) in [7, 11) is 6.85. The number of hydrogen-bond acceptors (Lipinski definition) is 21. The molecule has 0 radical (unpaired) electrons. The molecule has 12 atom stereocenters. The lowest BCUT2D eigenvalue weighted by atomic mass is 10.1. The third-order valence-corrected chi connectivity index (χ3v) is 22.5. The number of aromatic nitrogens is 8. The van der Waals surface area contributed by atoms with Gasteiger partial charge in [-0.25, -0.2) is 24.7 Å². The fourth-order valence-electron chi connectivity index (χ4n) is 16.1. The lowest BCUT2D eigenvalue weighted by Crippen LogP contribution is -2.48. The predicted molar refractivity (Wildman–Crippen MR) is 426 cm³/mol. The Morgan fingerprint density at radius 1 is 0.359 bits per heavy atom. The molecule has 4 saturated carbocycles. The van der Waals surface area contributed by atoms with Gasteiger partial charge in [-0.3, -0.25) is 53.2 Å². The zero-order chi connectivity index (χ0) is 81.1. The van der Waals surface area contributed by atoms with Gasteiger partial charge >= 0.3 is 5.97 Å². The normalized spacial score (nSPS) is 22.2. The van der Waals surface area contributed by atoms with Crippen LogP contribution >= 0.6 is 0 Å². The Balaban J connectivity index is 0.000000112. The first-order chi connectivity index (χ1) is 56.8. The lowest BCUT2D eigenvalue weighted by Gasteiger charge is -2.22. The van der Waals surface area contributed by atoms with Gasteiger partial charge in [0.1, 0.15) is 64.4 Å². The van der Waals surface area contributed by atoms with Crippen molar-refractivity contribution in [3.05, 3.63) is 309 Å². The molecule has 8 aliphatic rings. The standard InChI is InChI=1S/3C22H20N4O3.C11H13N3O.C11H9NO3/c3*1-26-20-15(8-5-9-23-20)16-12-17(16)19(22(26)28)24-21(27)18-11-14(29-25-18)10-13-6-3-2-4-7-13;1-14-10-6(3-2-4-13-10)7-5-8(7)9(12)11(14)15;13-11(14)10-7-9(15-12-10)6-8-4-2-1-3-5-8/h3*2-9,11,16-17,19H,10,12H2,1H3,(H,24,27);2-4,7-9H,5,12H2,1H3;1-5,7H,6H2,(H,13,14)/t2*16-,17?,19-;16-,17-,19-;7-,8?,9-;/m0010./s1. The van der Waals surface area contributed by atoms with E-state index < -0.39 is 41.8 Å². The minimum atomic E-state index is -1.07. The Bertz CT molecular complexity index is 5270. The van der Waals surface area contributed by atoms with Crippen LogP contribution in [0.15, 0.2) is 237 Å². The van der Waals surface area contributed by atoms with Gasteiger partial charge in [-0.1, -0.05) is 166 Å². The Morgan fingerprint density at radius 3 is 0.880 bits per heavy atom. The number of likely N-dealkylation sites (N-methyl/N-ethyl adjacent to an activating group) is 4. The third-order valence-electron chi connectivity index (χ3n) is 22.5. The molecule has 12 aromatic rings. The van der Waals surface area contributed by atoms with E-state index in [1.54, 1.807) is 76.1 Å². The molecular weight excluding hydrogens is 1490 g/mol. The molecular formula is C88H82N16O13. The van der Waals surface area contributed by atoms with E-state index >= 15 is 0 Å². The maximum atomic E-state index is 13.0. The molecule has 4 aliphatic heterocycles. The quantitative estimate of drug-likeness (QED) is 0.0637. The number of carboxylic acids is 1. The smallest absolute Gasteiger partial charge is 0.358 e. The van der Waals surface area contributed by atoms with Crippen molar-refractivity contribution in [2.45, 2.75) is 99.2 Å². The van der Waals surface area contributed by atoms with Crippen molar-refractivity contribution in [3.8, 4) is 0 Å². The second kappa shape index (κ2) is 33.2. The van der Waals surface area contributed by atoms with Crippen molar-refractivity contribution < 1.29 is 61.6 Å². The number of anilines is 4. The number of fused-ring (bicyclic) bond motifs is 12. The first-order valence-electron chi connectivity index (χ1n) is 38.6. The van der Waals surface area contributed by atoms with Crippen LogP contribution in [0.3, 0.4) is 0 Å². The number of pyridine rings is 4. The number of carboxylic acid groups (broad SMARTS) is 1. The van der Waals surface area contributed by atoms with Crippen molar-refractivity contribution in [2.75, 3.05) is 47.8 Å². The van der Waals surface area contributed by atoms with E-state index in [-0.39, 0.29) is 88.0 Å². The molecule has 592 valence electrons. The summed E-state index contributed by atoms with van der Waals surface area (Å²) in [5, 5.41) is 32.4. The minimum Gasteiger partial charge on any atom is -0.476 e. The number of rotatable bonds is 15. The number of nitrogens with zero attached hydrogens (tertiary/aromatic N) is 12. The second-order valence-corrected chi connectivity index (χ2v) is 30.3. The van der Waals surface area contributed by atoms with Crippen molar-refractivity contribution in [2.24, 2.45) is 29.4 Å². The fraction of sp³-hybridized carbons (Fsp3) is 0.273. The van der Waals surface area contributed by atoms with Crippen molar-refractivity contribution in [1.29, 1.82) is 0 Å². The molecule has 12 heterocycles. The van der Waals surface area contributed by atoms with Crippen LogP contribution < -0.4 is 41.3 Å². The van der Waals surface area contributed by atoms with Gasteiger partial charge in [0.25, 0.3) is 35.4 Å². The van der Waals surface area contributed by atoms with Crippen LogP contribution in [-0.2, 0) is 44.9 Å². The van der Waals surface area contributed by atoms with Crippen LogP contribution in [0.5, 0.6) is 0 Å². The van der Waals surface area contributed by atoms with Crippen LogP contribution in [0.2, 0.25) is 0 Å². The first-order valence-corrected chi connectivity index (χ1v) is 38.6. The fourth-order valence-corrected chi connectivity index (χ4v) is 16.1. The summed E-state index contributed by atoms with van der Waals surface area (Å²) in [6.45, 7) is 0. The number of aromatic carboxylic acids is 1. The summed E-state index contributed by atoms with van der Waals surface area (Å²) in [6, 6.07) is 59.0. The lowest BCUT2D eigenvalue weighted by molar-refractivity contribution is -0.121. The van der Waals surface area contributed by atoms with Crippen molar-refractivity contribution in [3.63, 3.8) is 0 Å². The maximum Gasteiger partial charge on any atom is 0.358 e. The second-order valence-electron chi connectivity index (χ2n) is 30.3. The molecule has 0 spiro atoms. The summed E-state index contributed by atoms with van der Waals surface area (Å²) in [6.07, 6.45) is 12.6. The highest BCUT2D eigenvalue weighted by Gasteiger charge is 2.56. The molecule has 117 heavy (non-hydrogen) atoms. The highest BCUT2D eigenvalue weighted by molar-refractivity contribution is 6.05. The van der Waals surface area contributed by atoms with Gasteiger partial charge in [0.2, 0.25) is 5.91 Å². The molecule has 8 aromatic heterocycles. The number of carbonyl (C=O) groups is 8. The number of nitrogens with two attached hydrogens (primary N) is 1. The van der Waals surface area contributed by atoms with Gasteiger partial charge in [-0.05, 0) is 142 Å². The number of hydrogen-bond donors (Lipinski definition) is 5. The minimum absolute atomic E-state index is 0.0139. The van der Waals surface area contributed by atoms with E-state index in [1.165, 1.54) is 26.3 Å². The van der Waals surface area contributed by atoms with Gasteiger partial charge in [0.15, 0.2) is 22.8 Å². The number of benzene rings is 4. The van der Waals surface area contributed by atoms with Crippen LogP contribution in [-0.4, -0.2) is 145 Å². The Labute approximate surface area is 671 Å². The Hall–Kier alpha value is -14.0. The van der Waals surface area contributed by atoms with Gasteiger partial charge in [0, 0.05) is 103 Å². The van der Waals surface area contributed by atoms with Crippen LogP contribution in [0.25, 0.3) is 0 Å². The monoisotopic (exact) mass is 1570 g/mol. The number of amides is 7. The van der Waals surface area contributed by atoms with Crippen molar-refractivity contribution >= 4 is 70.6 Å². The van der Waals surface area contributed by atoms with E-state index in [2.05, 4.69) is 62.6 Å². The molecule has 3 unspecified atom stereocenters. The summed E-state index contributed by atoms with van der Waals surface area (Å²) in [5.74, 6) is 4.14. The Kier molecular flexibility index (Phi) is 21.9. The van der Waals surface area contributed by atoms with E-state index in [0.717, 1.165) is 70.4 Å². The molecule has 4 aliphatic carbocycles. The molecule has 20 rings (SSSR count). The summed E-state index contributed by atoms with van der Waals surface area (Å²) in [4.78, 5) is 123. The van der Waals surface area contributed by atoms with E-state index in [1.807, 2.05) is 164 Å². The molecule has 29 heteroatoms. The molecule has 7 amide bonds. The first kappa shape index (κ1) is 77.0. The van der Waals surface area contributed by atoms with Gasteiger partial charge in [-0.15, -0.1) is 0 Å². The maximum absolute atomic E-state index is 13.0. The summed E-state index contributed by atoms with van der Waals surface area (Å²) < 4.78 is 20.9. The molecule has 0 bridgehead atoms. The number of carbonyl (C=O) groups excluding carboxylic acids is 7. The number of nitrogens with one attached hydrogen (secondary N) is 3. The SMILES string of the molecule is CN1C(=O)[C@@H](N)C2C[C@H]2c2cccnc21.CN1C(=O)[C@@H](NC(=O)c2cc(Cc3ccccc3)on2)C2C[C@H]2c2cccnc21.CN1C(=O)[C@@H](NC(=O)c2cc(Cc3ccccc3)on2)C2C[C@H]2c2cccnc21.CN1C(=O)[C@H](NC(=O)c2cc(Cc3ccccc3)on2)[C@@H]2C[C@@H]2c2cccnc21.O=C(O)c1cc(Cc2ccccc2)on1. The topological polar surface area (TPSA) is 388 Å². The van der Waals surface area contributed by atoms with E-state index in [0.29, 0.717) is 78.0 Å². The Morgan fingerprint density at radius 2 is 0.607 bits per heavy atom. The summed E-state index contributed by atoms with van der Waals surface area (Å²) >= 11 is 0. The highest BCUT2D eigenvalue weighted by Crippen LogP contribution is 2.57. The van der Waals surface area contributed by atoms with Crippen LogP contribution in [0.1, 0.15) is 159 Å². The largest absolute Gasteiger partial charge is 0.476 e. The van der Waals surface area contributed by atoms with Gasteiger partial charge < -0.3 is 44.9 Å². The highest BCUT2D eigenvalue weighted by atomic mass is 16.5. The van der Waals surface area contributed by atoms with Gasteiger partial charge in [0.05, 0.1) is 6.04 Å². The predicted octanol–water partition coefficient (Wildman–Crippen LogP) is 10.1. The molecule has 29 nitrogen and oxygen atoms in total. The van der Waals surface area contributed by atoms with E-state index in [4.69, 9.17) is 28.9 Å². The van der Waals surface area contributed by atoms with Crippen molar-refractivity contribution in [1.82, 2.24) is 56.5 Å². The zero-order valence-electron chi connectivity index (χ0n) is 64.2. The molecule has 6 N–H and O–H groups in total. The third kappa shape index (κ3) is 16.9.